The van der Waals surface area contributed by atoms with Crippen LogP contribution in [0.3, 0.4) is 0 Å². The maximum Gasteiger partial charge on any atom is 0.534 e. The molecule has 0 radical (unpaired) electrons. The lowest BCUT2D eigenvalue weighted by atomic mass is 10.6. The first-order valence-corrected chi connectivity index (χ1v) is 6.11. The van der Waals surface area contributed by atoms with Crippen molar-refractivity contribution in [3.8, 4) is 5.75 Å². The van der Waals surface area contributed by atoms with Gasteiger partial charge in [-0.3, -0.25) is 0 Å². The Hall–Kier alpha value is -0.280. The van der Waals surface area contributed by atoms with Gasteiger partial charge >= 0.3 is 15.6 Å². The SMILES string of the molecule is O=S(=O)(Oc1cscc1Br)C(F)(F)F. The van der Waals surface area contributed by atoms with E-state index in [0.717, 1.165) is 16.7 Å². The summed E-state index contributed by atoms with van der Waals surface area (Å²) in [6.45, 7) is 0. The van der Waals surface area contributed by atoms with E-state index in [1.807, 2.05) is 0 Å². The minimum absolute atomic E-state index is 0.162. The van der Waals surface area contributed by atoms with Crippen molar-refractivity contribution in [1.82, 2.24) is 0 Å². The van der Waals surface area contributed by atoms with Gasteiger partial charge in [-0.1, -0.05) is 0 Å². The van der Waals surface area contributed by atoms with Gasteiger partial charge in [0.05, 0.1) is 4.47 Å². The van der Waals surface area contributed by atoms with E-state index < -0.39 is 15.6 Å². The van der Waals surface area contributed by atoms with Gasteiger partial charge in [-0.15, -0.1) is 11.3 Å². The fourth-order valence-electron chi connectivity index (χ4n) is 0.495. The summed E-state index contributed by atoms with van der Waals surface area (Å²) in [5, 5.41) is 2.55. The predicted octanol–water partition coefficient (Wildman–Crippen LogP) is 2.74. The Labute approximate surface area is 89.7 Å². The van der Waals surface area contributed by atoms with Gasteiger partial charge in [0.1, 0.15) is 0 Å². The molecule has 0 bridgehead atoms. The third kappa shape index (κ3) is 2.39. The van der Waals surface area contributed by atoms with Gasteiger partial charge in [-0.25, -0.2) is 0 Å². The molecule has 0 aromatic carbocycles. The Morgan fingerprint density at radius 2 is 1.93 bits per heavy atom. The summed E-state index contributed by atoms with van der Waals surface area (Å²) < 4.78 is 60.5. The molecular formula is C5H2BrF3O3S2. The van der Waals surface area contributed by atoms with Crippen LogP contribution in [0.5, 0.6) is 5.75 Å². The zero-order valence-corrected chi connectivity index (χ0v) is 9.43. The van der Waals surface area contributed by atoms with Crippen molar-refractivity contribution in [3.05, 3.63) is 15.2 Å². The average Bonchev–Trinajstić information content (AvgIpc) is 2.33. The first-order valence-electron chi connectivity index (χ1n) is 2.96. The fourth-order valence-corrected chi connectivity index (χ4v) is 2.40. The molecule has 0 atom stereocenters. The van der Waals surface area contributed by atoms with Crippen LogP contribution < -0.4 is 4.18 Å². The van der Waals surface area contributed by atoms with Gasteiger partial charge in [0.15, 0.2) is 5.75 Å². The van der Waals surface area contributed by atoms with Crippen LogP contribution in [0.1, 0.15) is 0 Å². The number of halogens is 4. The van der Waals surface area contributed by atoms with E-state index in [2.05, 4.69) is 20.1 Å². The van der Waals surface area contributed by atoms with Crippen LogP contribution in [-0.2, 0) is 10.1 Å². The molecule has 0 aliphatic rings. The Balaban J connectivity index is 2.96. The monoisotopic (exact) mass is 310 g/mol. The van der Waals surface area contributed by atoms with Gasteiger partial charge < -0.3 is 4.18 Å². The molecule has 1 aromatic heterocycles. The van der Waals surface area contributed by atoms with Crippen molar-refractivity contribution in [2.45, 2.75) is 5.51 Å². The molecule has 80 valence electrons. The minimum Gasteiger partial charge on any atom is -0.374 e. The third-order valence-electron chi connectivity index (χ3n) is 1.06. The summed E-state index contributed by atoms with van der Waals surface area (Å²) in [4.78, 5) is 0. The van der Waals surface area contributed by atoms with Crippen LogP contribution in [-0.4, -0.2) is 13.9 Å². The molecule has 0 spiro atoms. The highest BCUT2D eigenvalue weighted by atomic mass is 79.9. The molecule has 9 heteroatoms. The van der Waals surface area contributed by atoms with Crippen LogP contribution in [0.25, 0.3) is 0 Å². The Bertz CT molecular complexity index is 422. The minimum atomic E-state index is -5.57. The summed E-state index contributed by atoms with van der Waals surface area (Å²) in [5.74, 6) is -0.368. The second-order valence-corrected chi connectivity index (χ2v) is 5.20. The van der Waals surface area contributed by atoms with Gasteiger partial charge in [0, 0.05) is 10.8 Å². The second kappa shape index (κ2) is 3.70. The van der Waals surface area contributed by atoms with E-state index in [0.29, 0.717) is 0 Å². The Morgan fingerprint density at radius 3 is 2.29 bits per heavy atom. The third-order valence-corrected chi connectivity index (χ3v) is 3.68. The highest BCUT2D eigenvalue weighted by Crippen LogP contribution is 2.33. The lowest BCUT2D eigenvalue weighted by molar-refractivity contribution is -0.0500. The van der Waals surface area contributed by atoms with Crippen LogP contribution >= 0.6 is 27.3 Å². The summed E-state index contributed by atoms with van der Waals surface area (Å²) in [6.07, 6.45) is 0. The molecule has 0 fully saturated rings. The summed E-state index contributed by atoms with van der Waals surface area (Å²) in [5.41, 5.74) is -5.41. The van der Waals surface area contributed by atoms with Gasteiger partial charge in [0.2, 0.25) is 0 Å². The predicted molar refractivity (Wildman–Crippen MR) is 47.6 cm³/mol. The number of hydrogen-bond donors (Lipinski definition) is 0. The molecule has 14 heavy (non-hydrogen) atoms. The maximum atomic E-state index is 11.8. The lowest BCUT2D eigenvalue weighted by Crippen LogP contribution is -2.27. The highest BCUT2D eigenvalue weighted by molar-refractivity contribution is 9.10. The van der Waals surface area contributed by atoms with Crippen molar-refractivity contribution in [3.63, 3.8) is 0 Å². The highest BCUT2D eigenvalue weighted by Gasteiger charge is 2.48. The molecule has 0 saturated heterocycles. The summed E-state index contributed by atoms with van der Waals surface area (Å²) in [7, 11) is -5.57. The smallest absolute Gasteiger partial charge is 0.374 e. The summed E-state index contributed by atoms with van der Waals surface area (Å²) >= 11 is 3.85. The lowest BCUT2D eigenvalue weighted by Gasteiger charge is -2.07. The van der Waals surface area contributed by atoms with Crippen molar-refractivity contribution in [2.75, 3.05) is 0 Å². The van der Waals surface area contributed by atoms with Crippen molar-refractivity contribution < 1.29 is 25.8 Å². The normalized spacial score (nSPS) is 12.9. The molecule has 0 unspecified atom stereocenters. The number of hydrogen-bond acceptors (Lipinski definition) is 4. The molecule has 0 N–H and O–H groups in total. The second-order valence-electron chi connectivity index (χ2n) is 2.07. The van der Waals surface area contributed by atoms with Crippen LogP contribution in [0.2, 0.25) is 0 Å². The molecule has 1 heterocycles. The van der Waals surface area contributed by atoms with Crippen LogP contribution in [0, 0.1) is 0 Å². The molecule has 0 aliphatic heterocycles. The van der Waals surface area contributed by atoms with Crippen molar-refractivity contribution in [2.24, 2.45) is 0 Å². The summed E-state index contributed by atoms with van der Waals surface area (Å²) in [6, 6.07) is 0. The molecule has 0 amide bonds. The molecule has 3 nitrogen and oxygen atoms in total. The molecular weight excluding hydrogens is 309 g/mol. The Kier molecular flexibility index (Phi) is 3.12. The molecule has 0 aliphatic carbocycles. The van der Waals surface area contributed by atoms with E-state index >= 15 is 0 Å². The largest absolute Gasteiger partial charge is 0.534 e. The Morgan fingerprint density at radius 1 is 1.36 bits per heavy atom. The van der Waals surface area contributed by atoms with E-state index in [4.69, 9.17) is 0 Å². The van der Waals surface area contributed by atoms with Gasteiger partial charge in [-0.2, -0.15) is 21.6 Å². The van der Waals surface area contributed by atoms with Crippen LogP contribution in [0.4, 0.5) is 13.2 Å². The number of thiophene rings is 1. The first-order chi connectivity index (χ1) is 6.24. The topological polar surface area (TPSA) is 43.4 Å². The van der Waals surface area contributed by atoms with E-state index in [1.165, 1.54) is 5.38 Å². The van der Waals surface area contributed by atoms with E-state index in [1.54, 1.807) is 0 Å². The van der Waals surface area contributed by atoms with Crippen LogP contribution in [0.15, 0.2) is 15.2 Å². The molecule has 1 rings (SSSR count). The van der Waals surface area contributed by atoms with Gasteiger partial charge in [-0.05, 0) is 15.9 Å². The fraction of sp³-hybridized carbons (Fsp3) is 0.200. The maximum absolute atomic E-state index is 11.8. The first kappa shape index (κ1) is 11.8. The standard InChI is InChI=1S/C5H2BrF3O3S2/c6-3-1-13-2-4(3)12-14(10,11)5(7,8)9/h1-2H. The van der Waals surface area contributed by atoms with E-state index in [-0.39, 0.29) is 10.2 Å². The number of alkyl halides is 3. The zero-order valence-electron chi connectivity index (χ0n) is 6.21. The van der Waals surface area contributed by atoms with Crippen molar-refractivity contribution in [1.29, 1.82) is 0 Å². The average molecular weight is 311 g/mol. The van der Waals surface area contributed by atoms with Crippen molar-refractivity contribution >= 4 is 37.4 Å². The molecule has 0 saturated carbocycles. The number of rotatable bonds is 2. The quantitative estimate of drug-likeness (QED) is 0.623. The van der Waals surface area contributed by atoms with Gasteiger partial charge in [0.25, 0.3) is 0 Å². The van der Waals surface area contributed by atoms with E-state index in [9.17, 15) is 21.6 Å². The zero-order chi connectivity index (χ0) is 11.0. The molecule has 1 aromatic rings.